The average molecular weight is 213 g/mol. The van der Waals surface area contributed by atoms with Crippen molar-refractivity contribution in [2.75, 3.05) is 13.7 Å². The fraction of sp³-hybridized carbons (Fsp3) is 0.500. The molecule has 0 saturated carbocycles. The molecule has 1 rings (SSSR count). The third kappa shape index (κ3) is 3.38. The number of aliphatic hydroxyl groups excluding tert-OH is 1. The van der Waals surface area contributed by atoms with Gasteiger partial charge in [-0.15, -0.1) is 0 Å². The molecule has 0 saturated heterocycles. The number of carbonyl (C=O) groups is 1. The van der Waals surface area contributed by atoms with E-state index in [2.05, 4.69) is 10.1 Å². The Kier molecular flexibility index (Phi) is 4.33. The molecule has 0 radical (unpaired) electrons. The Morgan fingerprint density at radius 2 is 2.40 bits per heavy atom. The summed E-state index contributed by atoms with van der Waals surface area (Å²) in [4.78, 5) is 11.0. The van der Waals surface area contributed by atoms with Crippen LogP contribution >= 0.6 is 0 Å². The second-order valence-electron chi connectivity index (χ2n) is 3.22. The molecule has 0 aliphatic rings. The summed E-state index contributed by atoms with van der Waals surface area (Å²) in [5, 5.41) is 11.8. The van der Waals surface area contributed by atoms with Crippen molar-refractivity contribution in [1.82, 2.24) is 5.32 Å². The number of furan rings is 1. The molecule has 0 aliphatic carbocycles. The summed E-state index contributed by atoms with van der Waals surface area (Å²) >= 11 is 0. The van der Waals surface area contributed by atoms with Crippen molar-refractivity contribution in [2.24, 2.45) is 0 Å². The van der Waals surface area contributed by atoms with Crippen molar-refractivity contribution >= 4 is 5.97 Å². The van der Waals surface area contributed by atoms with Crippen molar-refractivity contribution in [1.29, 1.82) is 0 Å². The minimum atomic E-state index is -0.489. The van der Waals surface area contributed by atoms with Crippen LogP contribution in [0.4, 0.5) is 0 Å². The monoisotopic (exact) mass is 213 g/mol. The SMILES string of the molecule is COC(=O)c1ccc(CN[C@@H](C)CO)o1. The third-order valence-corrected chi connectivity index (χ3v) is 1.95. The maximum Gasteiger partial charge on any atom is 0.373 e. The van der Waals surface area contributed by atoms with E-state index in [9.17, 15) is 4.79 Å². The molecule has 84 valence electrons. The van der Waals surface area contributed by atoms with Crippen molar-refractivity contribution in [3.63, 3.8) is 0 Å². The number of methoxy groups -OCH3 is 1. The predicted molar refractivity (Wildman–Crippen MR) is 53.4 cm³/mol. The lowest BCUT2D eigenvalue weighted by molar-refractivity contribution is 0.0562. The molecule has 2 N–H and O–H groups in total. The van der Waals surface area contributed by atoms with E-state index in [1.54, 1.807) is 12.1 Å². The van der Waals surface area contributed by atoms with E-state index >= 15 is 0 Å². The number of hydrogen-bond acceptors (Lipinski definition) is 5. The zero-order chi connectivity index (χ0) is 11.3. The number of nitrogens with one attached hydrogen (secondary N) is 1. The first-order chi connectivity index (χ1) is 7.17. The van der Waals surface area contributed by atoms with E-state index in [-0.39, 0.29) is 18.4 Å². The quantitative estimate of drug-likeness (QED) is 0.698. The molecule has 0 spiro atoms. The van der Waals surface area contributed by atoms with Crippen LogP contribution in [0, 0.1) is 0 Å². The normalized spacial score (nSPS) is 12.5. The van der Waals surface area contributed by atoms with Gasteiger partial charge in [-0.1, -0.05) is 0 Å². The van der Waals surface area contributed by atoms with Gasteiger partial charge in [0, 0.05) is 6.04 Å². The van der Waals surface area contributed by atoms with E-state index in [0.717, 1.165) is 0 Å². The number of esters is 1. The molecule has 0 aliphatic heterocycles. The van der Waals surface area contributed by atoms with E-state index < -0.39 is 5.97 Å². The van der Waals surface area contributed by atoms with Crippen LogP contribution in [0.25, 0.3) is 0 Å². The van der Waals surface area contributed by atoms with Gasteiger partial charge in [-0.2, -0.15) is 0 Å². The maximum atomic E-state index is 11.0. The van der Waals surface area contributed by atoms with E-state index in [4.69, 9.17) is 9.52 Å². The Labute approximate surface area is 88.0 Å². The molecule has 5 nitrogen and oxygen atoms in total. The van der Waals surface area contributed by atoms with E-state index in [0.29, 0.717) is 12.3 Å². The number of carbonyl (C=O) groups excluding carboxylic acids is 1. The van der Waals surface area contributed by atoms with Gasteiger partial charge in [-0.05, 0) is 19.1 Å². The Balaban J connectivity index is 2.49. The van der Waals surface area contributed by atoms with Crippen molar-refractivity contribution in [2.45, 2.75) is 19.5 Å². The highest BCUT2D eigenvalue weighted by Gasteiger charge is 2.11. The van der Waals surface area contributed by atoms with Crippen LogP contribution in [0.1, 0.15) is 23.2 Å². The number of rotatable bonds is 5. The highest BCUT2D eigenvalue weighted by atomic mass is 16.5. The summed E-state index contributed by atoms with van der Waals surface area (Å²) in [5.41, 5.74) is 0. The Morgan fingerprint density at radius 1 is 1.67 bits per heavy atom. The van der Waals surface area contributed by atoms with Crippen LogP contribution < -0.4 is 5.32 Å². The van der Waals surface area contributed by atoms with Crippen LogP contribution in [0.15, 0.2) is 16.5 Å². The van der Waals surface area contributed by atoms with Gasteiger partial charge in [0.1, 0.15) is 5.76 Å². The third-order valence-electron chi connectivity index (χ3n) is 1.95. The smallest absolute Gasteiger partial charge is 0.373 e. The summed E-state index contributed by atoms with van der Waals surface area (Å²) in [6.45, 7) is 2.38. The molecule has 0 fully saturated rings. The highest BCUT2D eigenvalue weighted by Crippen LogP contribution is 2.08. The second kappa shape index (κ2) is 5.53. The number of ether oxygens (including phenoxy) is 1. The Hall–Kier alpha value is -1.33. The van der Waals surface area contributed by atoms with Gasteiger partial charge in [-0.25, -0.2) is 4.79 Å². The van der Waals surface area contributed by atoms with Crippen LogP contribution in [0.2, 0.25) is 0 Å². The Morgan fingerprint density at radius 3 is 3.00 bits per heavy atom. The number of aliphatic hydroxyl groups is 1. The average Bonchev–Trinajstić information content (AvgIpc) is 2.73. The van der Waals surface area contributed by atoms with Gasteiger partial charge in [0.15, 0.2) is 0 Å². The minimum Gasteiger partial charge on any atom is -0.463 e. The lowest BCUT2D eigenvalue weighted by atomic mass is 10.3. The molecule has 0 bridgehead atoms. The molecule has 15 heavy (non-hydrogen) atoms. The van der Waals surface area contributed by atoms with Crippen molar-refractivity contribution < 1.29 is 19.1 Å². The predicted octanol–water partition coefficient (Wildman–Crippen LogP) is 0.537. The lowest BCUT2D eigenvalue weighted by Gasteiger charge is -2.08. The van der Waals surface area contributed by atoms with Crippen molar-refractivity contribution in [3.05, 3.63) is 23.7 Å². The topological polar surface area (TPSA) is 71.7 Å². The molecule has 0 aromatic carbocycles. The molecule has 1 atom stereocenters. The number of hydrogen-bond donors (Lipinski definition) is 2. The summed E-state index contributed by atoms with van der Waals surface area (Å²) in [7, 11) is 1.30. The molecule has 1 aromatic heterocycles. The molecular weight excluding hydrogens is 198 g/mol. The van der Waals surface area contributed by atoms with Gasteiger partial charge in [0.25, 0.3) is 0 Å². The molecule has 1 aromatic rings. The van der Waals surface area contributed by atoms with Gasteiger partial charge in [0.2, 0.25) is 5.76 Å². The first-order valence-electron chi connectivity index (χ1n) is 4.68. The molecule has 5 heteroatoms. The summed E-state index contributed by atoms with van der Waals surface area (Å²) in [6.07, 6.45) is 0. The molecule has 0 unspecified atom stereocenters. The largest absolute Gasteiger partial charge is 0.463 e. The fourth-order valence-electron chi connectivity index (χ4n) is 1.02. The van der Waals surface area contributed by atoms with Crippen LogP contribution in [-0.2, 0) is 11.3 Å². The first-order valence-corrected chi connectivity index (χ1v) is 4.68. The molecular formula is C10H15NO4. The van der Waals surface area contributed by atoms with Crippen LogP contribution in [-0.4, -0.2) is 30.8 Å². The standard InChI is InChI=1S/C10H15NO4/c1-7(6-12)11-5-8-3-4-9(15-8)10(13)14-2/h3-4,7,11-12H,5-6H2,1-2H3/t7-/m0/s1. The van der Waals surface area contributed by atoms with Gasteiger partial charge < -0.3 is 19.6 Å². The van der Waals surface area contributed by atoms with E-state index in [1.165, 1.54) is 7.11 Å². The zero-order valence-corrected chi connectivity index (χ0v) is 8.82. The van der Waals surface area contributed by atoms with Gasteiger partial charge >= 0.3 is 5.97 Å². The Bertz CT molecular complexity index is 321. The summed E-state index contributed by atoms with van der Waals surface area (Å²) in [6, 6.07) is 3.26. The highest BCUT2D eigenvalue weighted by molar-refractivity contribution is 5.86. The van der Waals surface area contributed by atoms with E-state index in [1.807, 2.05) is 6.92 Å². The van der Waals surface area contributed by atoms with Crippen LogP contribution in [0.5, 0.6) is 0 Å². The second-order valence-corrected chi connectivity index (χ2v) is 3.22. The lowest BCUT2D eigenvalue weighted by Crippen LogP contribution is -2.28. The van der Waals surface area contributed by atoms with Crippen molar-refractivity contribution in [3.8, 4) is 0 Å². The first kappa shape index (κ1) is 11.7. The van der Waals surface area contributed by atoms with Gasteiger partial charge in [0.05, 0.1) is 20.3 Å². The van der Waals surface area contributed by atoms with Gasteiger partial charge in [-0.3, -0.25) is 0 Å². The minimum absolute atomic E-state index is 0.00308. The summed E-state index contributed by atoms with van der Waals surface area (Å²) < 4.78 is 9.72. The molecule has 0 amide bonds. The van der Waals surface area contributed by atoms with Crippen LogP contribution in [0.3, 0.4) is 0 Å². The maximum absolute atomic E-state index is 11.0. The fourth-order valence-corrected chi connectivity index (χ4v) is 1.02. The molecule has 1 heterocycles. The summed E-state index contributed by atoms with van der Waals surface area (Å²) in [5.74, 6) is 0.332. The zero-order valence-electron chi connectivity index (χ0n) is 8.82.